The van der Waals surface area contributed by atoms with Crippen LogP contribution in [0.1, 0.15) is 5.69 Å². The second-order valence-corrected chi connectivity index (χ2v) is 8.34. The topological polar surface area (TPSA) is 144 Å². The number of thiazole rings is 1. The lowest BCUT2D eigenvalue weighted by Crippen LogP contribution is -2.36. The van der Waals surface area contributed by atoms with Crippen LogP contribution in [-0.2, 0) is 0 Å². The van der Waals surface area contributed by atoms with Gasteiger partial charge in [0.2, 0.25) is 10.8 Å². The van der Waals surface area contributed by atoms with Gasteiger partial charge in [-0.05, 0) is 53.3 Å². The van der Waals surface area contributed by atoms with E-state index in [4.69, 9.17) is 14.0 Å². The molecule has 0 atom stereocenters. The molecule has 0 unspecified atom stereocenters. The van der Waals surface area contributed by atoms with E-state index < -0.39 is 11.2 Å². The van der Waals surface area contributed by atoms with Gasteiger partial charge in [-0.1, -0.05) is 0 Å². The van der Waals surface area contributed by atoms with Crippen molar-refractivity contribution in [1.29, 1.82) is 0 Å². The molecular weight excluding hydrogens is 486 g/mol. The zero-order valence-electron chi connectivity index (χ0n) is 19.4. The summed E-state index contributed by atoms with van der Waals surface area (Å²) in [7, 11) is 3.15. The fourth-order valence-corrected chi connectivity index (χ4v) is 4.19. The Morgan fingerprint density at radius 1 is 1.00 bits per heavy atom. The average Bonchev–Trinajstić information content (AvgIpc) is 3.60. The van der Waals surface area contributed by atoms with E-state index in [1.54, 1.807) is 75.1 Å². The Bertz CT molecular complexity index is 1660. The van der Waals surface area contributed by atoms with Crippen molar-refractivity contribution in [3.05, 3.63) is 80.4 Å². The number of aromatic nitrogens is 5. The van der Waals surface area contributed by atoms with Crippen LogP contribution in [0.15, 0.2) is 78.3 Å². The molecule has 2 N–H and O–H groups in total. The predicted molar refractivity (Wildman–Crippen MR) is 130 cm³/mol. The number of aromatic amines is 2. The van der Waals surface area contributed by atoms with Gasteiger partial charge in [-0.25, -0.2) is 9.78 Å². The number of benzene rings is 2. The minimum absolute atomic E-state index is 0.150. The summed E-state index contributed by atoms with van der Waals surface area (Å²) in [6.45, 7) is 1.72. The van der Waals surface area contributed by atoms with Crippen LogP contribution in [0.4, 0.5) is 11.4 Å². The zero-order chi connectivity index (χ0) is 25.2. The van der Waals surface area contributed by atoms with Gasteiger partial charge < -0.3 is 9.47 Å². The lowest BCUT2D eigenvalue weighted by Gasteiger charge is -1.97. The monoisotopic (exact) mass is 506 g/mol. The van der Waals surface area contributed by atoms with E-state index in [-0.39, 0.29) is 11.4 Å². The standard InChI is InChI=1S/C23H19N7O5S/c1-13-19(26-25-14-4-8-16(33-2)9-5-14)21(31)30(27-13)23-24-18(12-36-23)20-22(32)35-28-29(20)15-6-10-17(34-3)11-7-15/h4-12H,1-3H3,(H-,25,27,28,31,32)/p+1. The summed E-state index contributed by atoms with van der Waals surface area (Å²) < 4.78 is 18.1. The van der Waals surface area contributed by atoms with Crippen LogP contribution in [0.2, 0.25) is 0 Å². The van der Waals surface area contributed by atoms with Crippen LogP contribution in [0.5, 0.6) is 11.5 Å². The fraction of sp³-hybridized carbons (Fsp3) is 0.130. The van der Waals surface area contributed by atoms with E-state index >= 15 is 0 Å². The molecule has 5 aromatic rings. The Morgan fingerprint density at radius 2 is 1.67 bits per heavy atom. The third-order valence-electron chi connectivity index (χ3n) is 5.28. The van der Waals surface area contributed by atoms with Crippen LogP contribution in [-0.4, -0.2) is 34.3 Å². The van der Waals surface area contributed by atoms with Crippen molar-refractivity contribution in [2.75, 3.05) is 14.2 Å². The molecule has 0 saturated heterocycles. The SMILES string of the molecule is COc1ccc(N=Nc2c(C)[nH]n(-c3nc(-c4c(=O)o[nH][n+]4-c4ccc(OC)cc4)cs3)c2=O)cc1. The Kier molecular flexibility index (Phi) is 6.04. The van der Waals surface area contributed by atoms with Gasteiger partial charge in [-0.3, -0.25) is 14.4 Å². The number of ether oxygens (including phenoxy) is 2. The molecule has 3 aromatic heterocycles. The number of hydrogen-bond donors (Lipinski definition) is 2. The molecule has 3 heterocycles. The molecule has 12 nitrogen and oxygen atoms in total. The number of hydrogen-bond acceptors (Lipinski definition) is 9. The smallest absolute Gasteiger partial charge is 0.437 e. The van der Waals surface area contributed by atoms with Gasteiger partial charge in [0.05, 0.1) is 25.6 Å². The van der Waals surface area contributed by atoms with E-state index in [0.717, 1.165) is 0 Å². The molecule has 0 aliphatic rings. The molecule has 2 aromatic carbocycles. The quantitative estimate of drug-likeness (QED) is 0.255. The summed E-state index contributed by atoms with van der Waals surface area (Å²) in [5.41, 5.74) is 1.36. The second kappa shape index (κ2) is 9.46. The molecule has 0 spiro atoms. The molecule has 182 valence electrons. The highest BCUT2D eigenvalue weighted by Gasteiger charge is 2.28. The highest BCUT2D eigenvalue weighted by atomic mass is 32.1. The molecule has 36 heavy (non-hydrogen) atoms. The number of H-pyrrole nitrogens is 2. The fourth-order valence-electron chi connectivity index (χ4n) is 3.43. The number of aryl methyl sites for hydroxylation is 1. The van der Waals surface area contributed by atoms with Crippen molar-refractivity contribution in [2.24, 2.45) is 10.2 Å². The highest BCUT2D eigenvalue weighted by molar-refractivity contribution is 7.12. The molecule has 0 saturated carbocycles. The molecule has 5 rings (SSSR count). The lowest BCUT2D eigenvalue weighted by atomic mass is 10.3. The maximum atomic E-state index is 13.0. The van der Waals surface area contributed by atoms with Gasteiger partial charge >= 0.3 is 16.9 Å². The van der Waals surface area contributed by atoms with E-state index in [0.29, 0.717) is 39.4 Å². The number of rotatable bonds is 7. The van der Waals surface area contributed by atoms with Crippen molar-refractivity contribution in [3.63, 3.8) is 0 Å². The number of methoxy groups -OCH3 is 2. The summed E-state index contributed by atoms with van der Waals surface area (Å²) in [4.78, 5) is 30.0. The number of azo groups is 1. The molecular formula is C23H20N7O5S+. The second-order valence-electron chi connectivity index (χ2n) is 7.50. The van der Waals surface area contributed by atoms with Crippen LogP contribution in [0.25, 0.3) is 22.2 Å². The Labute approximate surface area is 207 Å². The van der Waals surface area contributed by atoms with E-state index in [1.807, 2.05) is 0 Å². The first-order chi connectivity index (χ1) is 17.5. The predicted octanol–water partition coefficient (Wildman–Crippen LogP) is 3.59. The van der Waals surface area contributed by atoms with Crippen molar-refractivity contribution < 1.29 is 18.7 Å². The van der Waals surface area contributed by atoms with Crippen molar-refractivity contribution >= 4 is 22.7 Å². The van der Waals surface area contributed by atoms with Crippen LogP contribution in [0, 0.1) is 6.92 Å². The first-order valence-corrected chi connectivity index (χ1v) is 11.5. The summed E-state index contributed by atoms with van der Waals surface area (Å²) >= 11 is 1.18. The van der Waals surface area contributed by atoms with Gasteiger partial charge in [0.15, 0.2) is 11.4 Å². The maximum Gasteiger partial charge on any atom is 0.437 e. The zero-order valence-corrected chi connectivity index (χ0v) is 20.2. The minimum atomic E-state index is -0.605. The van der Waals surface area contributed by atoms with E-state index in [1.165, 1.54) is 20.7 Å². The van der Waals surface area contributed by atoms with Gasteiger partial charge in [0, 0.05) is 17.5 Å². The molecule has 13 heteroatoms. The Balaban J connectivity index is 1.47. The van der Waals surface area contributed by atoms with Crippen molar-refractivity contribution in [1.82, 2.24) is 20.0 Å². The number of nitrogens with zero attached hydrogens (tertiary/aromatic N) is 5. The Hall–Kier alpha value is -4.78. The third-order valence-corrected chi connectivity index (χ3v) is 6.11. The Morgan fingerprint density at radius 3 is 2.33 bits per heavy atom. The van der Waals surface area contributed by atoms with E-state index in [9.17, 15) is 9.59 Å². The number of nitrogens with one attached hydrogen (secondary N) is 2. The van der Waals surface area contributed by atoms with Crippen molar-refractivity contribution in [2.45, 2.75) is 6.92 Å². The summed E-state index contributed by atoms with van der Waals surface area (Å²) in [5, 5.41) is 15.8. The minimum Gasteiger partial charge on any atom is -0.497 e. The average molecular weight is 507 g/mol. The summed E-state index contributed by atoms with van der Waals surface area (Å²) in [6, 6.07) is 14.0. The van der Waals surface area contributed by atoms with Crippen LogP contribution < -0.4 is 25.3 Å². The molecule has 0 radical (unpaired) electrons. The van der Waals surface area contributed by atoms with Gasteiger partial charge in [0.1, 0.15) is 11.5 Å². The lowest BCUT2D eigenvalue weighted by molar-refractivity contribution is -0.660. The highest BCUT2D eigenvalue weighted by Crippen LogP contribution is 2.24. The van der Waals surface area contributed by atoms with Crippen LogP contribution in [0.3, 0.4) is 0 Å². The summed E-state index contributed by atoms with van der Waals surface area (Å²) in [6.07, 6.45) is 0. The van der Waals surface area contributed by atoms with Gasteiger partial charge in [-0.15, -0.1) is 16.5 Å². The molecule has 0 aliphatic carbocycles. The molecule has 0 aliphatic heterocycles. The van der Waals surface area contributed by atoms with Gasteiger partial charge in [-0.2, -0.15) is 9.80 Å². The molecule has 0 amide bonds. The van der Waals surface area contributed by atoms with Crippen LogP contribution >= 0.6 is 11.3 Å². The molecule has 0 bridgehead atoms. The normalized spacial score (nSPS) is 11.3. The first-order valence-electron chi connectivity index (χ1n) is 10.6. The molecule has 0 fully saturated rings. The summed E-state index contributed by atoms with van der Waals surface area (Å²) in [5.74, 6) is 1.36. The van der Waals surface area contributed by atoms with E-state index in [2.05, 4.69) is 25.6 Å². The first kappa shape index (κ1) is 23.0. The third kappa shape index (κ3) is 4.22. The van der Waals surface area contributed by atoms with Crippen molar-refractivity contribution in [3.8, 4) is 33.7 Å². The maximum absolute atomic E-state index is 13.0. The van der Waals surface area contributed by atoms with Gasteiger partial charge in [0.25, 0.3) is 0 Å². The largest absolute Gasteiger partial charge is 0.497 e.